The van der Waals surface area contributed by atoms with Crippen LogP contribution in [0.3, 0.4) is 0 Å². The molecule has 0 aromatic heterocycles. The minimum atomic E-state index is -0.369. The van der Waals surface area contributed by atoms with E-state index in [2.05, 4.69) is 12.1 Å². The summed E-state index contributed by atoms with van der Waals surface area (Å²) in [5.74, 6) is -0.167. The van der Waals surface area contributed by atoms with Crippen molar-refractivity contribution < 1.29 is 9.72 Å². The van der Waals surface area contributed by atoms with Gasteiger partial charge in [0.25, 0.3) is 5.69 Å². The van der Waals surface area contributed by atoms with Gasteiger partial charge in [-0.3, -0.25) is 14.9 Å². The van der Waals surface area contributed by atoms with Crippen molar-refractivity contribution in [3.63, 3.8) is 0 Å². The van der Waals surface area contributed by atoms with E-state index < -0.39 is 0 Å². The molecule has 3 aromatic rings. The van der Waals surface area contributed by atoms with Gasteiger partial charge in [-0.2, -0.15) is 0 Å². The Hall–Kier alpha value is -3.53. The van der Waals surface area contributed by atoms with Crippen LogP contribution in [-0.2, 0) is 4.79 Å². The molecule has 0 spiro atoms. The maximum atomic E-state index is 12.4. The molecular formula is C24H19NO3. The molecule has 138 valence electrons. The lowest BCUT2D eigenvalue weighted by atomic mass is 9.80. The van der Waals surface area contributed by atoms with Crippen LogP contribution >= 0.6 is 0 Å². The van der Waals surface area contributed by atoms with Crippen LogP contribution in [0.4, 0.5) is 5.69 Å². The molecule has 1 aliphatic rings. The third kappa shape index (κ3) is 3.62. The lowest BCUT2D eigenvalue weighted by Gasteiger charge is -2.22. The lowest BCUT2D eigenvalue weighted by Crippen LogP contribution is -2.13. The number of para-hydroxylation sites is 1. The number of ketones is 1. The molecular weight excluding hydrogens is 350 g/mol. The molecule has 1 atom stereocenters. The second-order valence-electron chi connectivity index (χ2n) is 7.00. The van der Waals surface area contributed by atoms with Crippen LogP contribution in [0.25, 0.3) is 16.7 Å². The van der Waals surface area contributed by atoms with Gasteiger partial charge in [0.1, 0.15) is 0 Å². The van der Waals surface area contributed by atoms with Gasteiger partial charge in [-0.05, 0) is 34.8 Å². The zero-order chi connectivity index (χ0) is 19.5. The molecule has 0 radical (unpaired) electrons. The Kier molecular flexibility index (Phi) is 4.85. The topological polar surface area (TPSA) is 60.2 Å². The molecule has 0 fully saturated rings. The average molecular weight is 369 g/mol. The molecule has 1 unspecified atom stereocenters. The molecule has 0 saturated heterocycles. The average Bonchev–Trinajstić information content (AvgIpc) is 2.74. The SMILES string of the molecule is O=C1C=C(c2ccc(-c3ccccc3)cc2)CC(c2ccccc2[N+](=O)[O-])C1. The molecule has 4 rings (SSSR count). The first-order valence-corrected chi connectivity index (χ1v) is 9.24. The fourth-order valence-corrected chi connectivity index (χ4v) is 3.82. The van der Waals surface area contributed by atoms with Gasteiger partial charge in [0.2, 0.25) is 0 Å². The Morgan fingerprint density at radius 2 is 1.36 bits per heavy atom. The van der Waals surface area contributed by atoms with Crippen LogP contribution in [0.15, 0.2) is 84.9 Å². The molecule has 0 saturated carbocycles. The van der Waals surface area contributed by atoms with E-state index in [9.17, 15) is 14.9 Å². The van der Waals surface area contributed by atoms with E-state index in [1.165, 1.54) is 6.07 Å². The molecule has 0 bridgehead atoms. The standard InChI is InChI=1S/C24H19NO3/c26-22-15-20(14-21(16-22)23-8-4-5-9-24(23)25(27)28)19-12-10-18(11-13-19)17-6-2-1-3-7-17/h1-13,15,21H,14,16H2. The summed E-state index contributed by atoms with van der Waals surface area (Å²) in [7, 11) is 0. The highest BCUT2D eigenvalue weighted by atomic mass is 16.6. The van der Waals surface area contributed by atoms with Crippen molar-refractivity contribution in [1.82, 2.24) is 0 Å². The van der Waals surface area contributed by atoms with E-state index >= 15 is 0 Å². The summed E-state index contributed by atoms with van der Waals surface area (Å²) in [6.45, 7) is 0. The molecule has 0 amide bonds. The fraction of sp³-hybridized carbons (Fsp3) is 0.125. The maximum Gasteiger partial charge on any atom is 0.272 e. The normalized spacial score (nSPS) is 16.5. The Balaban J connectivity index is 1.62. The molecule has 1 aliphatic carbocycles. The van der Waals surface area contributed by atoms with Crippen LogP contribution in [0.5, 0.6) is 0 Å². The van der Waals surface area contributed by atoms with E-state index in [1.807, 2.05) is 42.5 Å². The molecule has 4 nitrogen and oxygen atoms in total. The molecule has 28 heavy (non-hydrogen) atoms. The largest absolute Gasteiger partial charge is 0.295 e. The monoisotopic (exact) mass is 369 g/mol. The summed E-state index contributed by atoms with van der Waals surface area (Å²) in [6, 6.07) is 25.0. The summed E-state index contributed by atoms with van der Waals surface area (Å²) in [5.41, 5.74) is 4.88. The summed E-state index contributed by atoms with van der Waals surface area (Å²) in [4.78, 5) is 23.4. The Morgan fingerprint density at radius 3 is 2.07 bits per heavy atom. The second kappa shape index (κ2) is 7.61. The number of allylic oxidation sites excluding steroid dienone is 2. The van der Waals surface area contributed by atoms with Crippen molar-refractivity contribution in [2.75, 3.05) is 0 Å². The molecule has 3 aromatic carbocycles. The number of nitrogens with zero attached hydrogens (tertiary/aromatic N) is 1. The molecule has 0 N–H and O–H groups in total. The number of benzene rings is 3. The van der Waals surface area contributed by atoms with Crippen molar-refractivity contribution in [3.8, 4) is 11.1 Å². The van der Waals surface area contributed by atoms with Gasteiger partial charge >= 0.3 is 0 Å². The van der Waals surface area contributed by atoms with Gasteiger partial charge in [0, 0.05) is 24.0 Å². The van der Waals surface area contributed by atoms with Crippen molar-refractivity contribution >= 4 is 17.0 Å². The predicted octanol–water partition coefficient (Wildman–Crippen LogP) is 5.79. The van der Waals surface area contributed by atoms with Crippen LogP contribution in [0.2, 0.25) is 0 Å². The lowest BCUT2D eigenvalue weighted by molar-refractivity contribution is -0.385. The van der Waals surface area contributed by atoms with Crippen molar-refractivity contribution in [2.24, 2.45) is 0 Å². The van der Waals surface area contributed by atoms with E-state index in [1.54, 1.807) is 24.3 Å². The van der Waals surface area contributed by atoms with Crippen molar-refractivity contribution in [3.05, 3.63) is 106 Å². The van der Waals surface area contributed by atoms with Crippen molar-refractivity contribution in [2.45, 2.75) is 18.8 Å². The minimum absolute atomic E-state index is 0.0107. The Morgan fingerprint density at radius 1 is 0.750 bits per heavy atom. The first-order valence-electron chi connectivity index (χ1n) is 9.24. The third-order valence-electron chi connectivity index (χ3n) is 5.19. The predicted molar refractivity (Wildman–Crippen MR) is 110 cm³/mol. The quantitative estimate of drug-likeness (QED) is 0.432. The van der Waals surface area contributed by atoms with Gasteiger partial charge in [0.05, 0.1) is 4.92 Å². The number of hydrogen-bond acceptors (Lipinski definition) is 3. The zero-order valence-corrected chi connectivity index (χ0v) is 15.2. The number of nitro benzene ring substituents is 1. The summed E-state index contributed by atoms with van der Waals surface area (Å²) < 4.78 is 0. The number of hydrogen-bond donors (Lipinski definition) is 0. The second-order valence-corrected chi connectivity index (χ2v) is 7.00. The minimum Gasteiger partial charge on any atom is -0.295 e. The van der Waals surface area contributed by atoms with Crippen LogP contribution < -0.4 is 0 Å². The van der Waals surface area contributed by atoms with Gasteiger partial charge < -0.3 is 0 Å². The highest BCUT2D eigenvalue weighted by Crippen LogP contribution is 2.39. The van der Waals surface area contributed by atoms with E-state index in [0.29, 0.717) is 18.4 Å². The first-order chi connectivity index (χ1) is 13.6. The van der Waals surface area contributed by atoms with Crippen LogP contribution in [-0.4, -0.2) is 10.7 Å². The van der Waals surface area contributed by atoms with Gasteiger partial charge in [-0.15, -0.1) is 0 Å². The number of carbonyl (C=O) groups excluding carboxylic acids is 1. The smallest absolute Gasteiger partial charge is 0.272 e. The maximum absolute atomic E-state index is 12.4. The number of rotatable bonds is 4. The van der Waals surface area contributed by atoms with Gasteiger partial charge in [0.15, 0.2) is 5.78 Å². The van der Waals surface area contributed by atoms with Gasteiger partial charge in [-0.1, -0.05) is 72.8 Å². The zero-order valence-electron chi connectivity index (χ0n) is 15.2. The van der Waals surface area contributed by atoms with Crippen molar-refractivity contribution in [1.29, 1.82) is 0 Å². The summed E-state index contributed by atoms with van der Waals surface area (Å²) in [5, 5.41) is 11.4. The van der Waals surface area contributed by atoms with Crippen LogP contribution in [0.1, 0.15) is 29.9 Å². The molecule has 0 heterocycles. The fourth-order valence-electron chi connectivity index (χ4n) is 3.82. The first kappa shape index (κ1) is 17.9. The number of nitro groups is 1. The molecule has 0 aliphatic heterocycles. The van der Waals surface area contributed by atoms with E-state index in [0.717, 1.165) is 22.3 Å². The van der Waals surface area contributed by atoms with E-state index in [-0.39, 0.29) is 22.3 Å². The Labute approximate surface area is 163 Å². The summed E-state index contributed by atoms with van der Waals surface area (Å²) in [6.07, 6.45) is 2.60. The van der Waals surface area contributed by atoms with Gasteiger partial charge in [-0.25, -0.2) is 0 Å². The highest BCUT2D eigenvalue weighted by molar-refractivity contribution is 5.99. The Bertz CT molecular complexity index is 1050. The number of carbonyl (C=O) groups is 1. The van der Waals surface area contributed by atoms with Crippen LogP contribution in [0, 0.1) is 10.1 Å². The summed E-state index contributed by atoms with van der Waals surface area (Å²) >= 11 is 0. The third-order valence-corrected chi connectivity index (χ3v) is 5.19. The highest BCUT2D eigenvalue weighted by Gasteiger charge is 2.28. The molecule has 4 heteroatoms. The van der Waals surface area contributed by atoms with E-state index in [4.69, 9.17) is 0 Å².